The molecule has 1 aromatic heterocycles. The highest BCUT2D eigenvalue weighted by Crippen LogP contribution is 2.20. The number of likely N-dealkylation sites (tertiary alicyclic amines) is 1. The SMILES string of the molecule is Cc1cccc(OCCn2c(CN3CCCCC3)nc3ccccc32)c1. The second-order valence-corrected chi connectivity index (χ2v) is 7.17. The highest BCUT2D eigenvalue weighted by molar-refractivity contribution is 5.75. The number of piperidine rings is 1. The zero-order valence-corrected chi connectivity index (χ0v) is 15.5. The van der Waals surface area contributed by atoms with Crippen LogP contribution in [0.4, 0.5) is 0 Å². The average Bonchev–Trinajstić information content (AvgIpc) is 3.00. The number of aromatic nitrogens is 2. The summed E-state index contributed by atoms with van der Waals surface area (Å²) >= 11 is 0. The summed E-state index contributed by atoms with van der Waals surface area (Å²) < 4.78 is 8.32. The van der Waals surface area contributed by atoms with Crippen LogP contribution in [-0.2, 0) is 13.1 Å². The molecule has 3 aromatic rings. The van der Waals surface area contributed by atoms with E-state index in [9.17, 15) is 0 Å². The molecule has 4 rings (SSSR count). The van der Waals surface area contributed by atoms with Crippen LogP contribution in [0.3, 0.4) is 0 Å². The van der Waals surface area contributed by atoms with Gasteiger partial charge in [-0.2, -0.15) is 0 Å². The molecule has 0 amide bonds. The standard InChI is InChI=1S/C22H27N3O/c1-18-8-7-9-19(16-18)26-15-14-25-21-11-4-3-10-20(21)23-22(25)17-24-12-5-2-6-13-24/h3-4,7-11,16H,2,5-6,12-15,17H2,1H3. The first-order chi connectivity index (χ1) is 12.8. The maximum atomic E-state index is 5.99. The molecule has 0 radical (unpaired) electrons. The van der Waals surface area contributed by atoms with Crippen molar-refractivity contribution in [2.45, 2.75) is 39.3 Å². The van der Waals surface area contributed by atoms with Crippen molar-refractivity contribution in [2.24, 2.45) is 0 Å². The summed E-state index contributed by atoms with van der Waals surface area (Å²) in [4.78, 5) is 7.44. The summed E-state index contributed by atoms with van der Waals surface area (Å²) in [5.41, 5.74) is 3.50. The lowest BCUT2D eigenvalue weighted by atomic mass is 10.1. The molecule has 136 valence electrons. The summed E-state index contributed by atoms with van der Waals surface area (Å²) in [6.45, 7) is 6.85. The lowest BCUT2D eigenvalue weighted by molar-refractivity contribution is 0.211. The van der Waals surface area contributed by atoms with Gasteiger partial charge in [-0.05, 0) is 62.7 Å². The van der Waals surface area contributed by atoms with Gasteiger partial charge in [-0.25, -0.2) is 4.98 Å². The molecule has 0 N–H and O–H groups in total. The van der Waals surface area contributed by atoms with Crippen molar-refractivity contribution in [2.75, 3.05) is 19.7 Å². The highest BCUT2D eigenvalue weighted by atomic mass is 16.5. The Balaban J connectivity index is 1.51. The molecule has 1 saturated heterocycles. The number of fused-ring (bicyclic) bond motifs is 1. The number of nitrogens with zero attached hydrogens (tertiary/aromatic N) is 3. The maximum absolute atomic E-state index is 5.99. The van der Waals surface area contributed by atoms with E-state index < -0.39 is 0 Å². The Morgan fingerprint density at radius 1 is 1.00 bits per heavy atom. The third-order valence-corrected chi connectivity index (χ3v) is 5.12. The van der Waals surface area contributed by atoms with Crippen molar-refractivity contribution in [3.8, 4) is 5.75 Å². The van der Waals surface area contributed by atoms with Gasteiger partial charge in [-0.3, -0.25) is 4.90 Å². The number of hydrogen-bond acceptors (Lipinski definition) is 3. The normalized spacial score (nSPS) is 15.4. The van der Waals surface area contributed by atoms with Crippen LogP contribution < -0.4 is 4.74 Å². The smallest absolute Gasteiger partial charge is 0.124 e. The van der Waals surface area contributed by atoms with Crippen molar-refractivity contribution in [3.05, 3.63) is 59.9 Å². The number of rotatable bonds is 6. The Bertz CT molecular complexity index is 865. The average molecular weight is 349 g/mol. The third-order valence-electron chi connectivity index (χ3n) is 5.12. The highest BCUT2D eigenvalue weighted by Gasteiger charge is 2.16. The summed E-state index contributed by atoms with van der Waals surface area (Å²) in [7, 11) is 0. The van der Waals surface area contributed by atoms with Crippen molar-refractivity contribution >= 4 is 11.0 Å². The third kappa shape index (κ3) is 3.91. The monoisotopic (exact) mass is 349 g/mol. The van der Waals surface area contributed by atoms with E-state index in [0.717, 1.165) is 30.2 Å². The molecule has 1 aliphatic heterocycles. The quantitative estimate of drug-likeness (QED) is 0.660. The van der Waals surface area contributed by atoms with Crippen LogP contribution in [0.2, 0.25) is 0 Å². The number of aryl methyl sites for hydroxylation is 1. The van der Waals surface area contributed by atoms with Gasteiger partial charge in [0, 0.05) is 0 Å². The molecule has 2 aromatic carbocycles. The number of ether oxygens (including phenoxy) is 1. The minimum Gasteiger partial charge on any atom is -0.492 e. The predicted molar refractivity (Wildman–Crippen MR) is 106 cm³/mol. The molecule has 1 fully saturated rings. The fraction of sp³-hybridized carbons (Fsp3) is 0.409. The molecule has 4 heteroatoms. The van der Waals surface area contributed by atoms with E-state index in [1.807, 2.05) is 12.1 Å². The number of para-hydroxylation sites is 2. The minimum atomic E-state index is 0.650. The van der Waals surface area contributed by atoms with E-state index >= 15 is 0 Å². The van der Waals surface area contributed by atoms with E-state index in [2.05, 4.69) is 52.8 Å². The summed E-state index contributed by atoms with van der Waals surface area (Å²) in [5, 5.41) is 0. The van der Waals surface area contributed by atoms with Gasteiger partial charge in [0.2, 0.25) is 0 Å². The van der Waals surface area contributed by atoms with Gasteiger partial charge in [0.05, 0.1) is 24.1 Å². The molecule has 0 bridgehead atoms. The summed E-state index contributed by atoms with van der Waals surface area (Å²) in [6.07, 6.45) is 3.96. The maximum Gasteiger partial charge on any atom is 0.124 e. The van der Waals surface area contributed by atoms with Crippen LogP contribution in [0.25, 0.3) is 11.0 Å². The Labute approximate surface area is 155 Å². The van der Waals surface area contributed by atoms with Gasteiger partial charge in [-0.15, -0.1) is 0 Å². The molecule has 0 saturated carbocycles. The van der Waals surface area contributed by atoms with Crippen LogP contribution in [-0.4, -0.2) is 34.1 Å². The first-order valence-electron chi connectivity index (χ1n) is 9.65. The molecule has 4 nitrogen and oxygen atoms in total. The van der Waals surface area contributed by atoms with Crippen LogP contribution >= 0.6 is 0 Å². The van der Waals surface area contributed by atoms with Crippen LogP contribution in [0.5, 0.6) is 5.75 Å². The molecule has 2 heterocycles. The molecule has 0 spiro atoms. The molecular weight excluding hydrogens is 322 g/mol. The van der Waals surface area contributed by atoms with E-state index in [1.54, 1.807) is 0 Å². The second-order valence-electron chi connectivity index (χ2n) is 7.17. The van der Waals surface area contributed by atoms with Crippen molar-refractivity contribution < 1.29 is 4.74 Å². The lowest BCUT2D eigenvalue weighted by Gasteiger charge is -2.26. The Hall–Kier alpha value is -2.33. The number of hydrogen-bond donors (Lipinski definition) is 0. The molecule has 0 aliphatic carbocycles. The van der Waals surface area contributed by atoms with Crippen LogP contribution in [0.15, 0.2) is 48.5 Å². The van der Waals surface area contributed by atoms with E-state index in [-0.39, 0.29) is 0 Å². The Kier molecular flexibility index (Phi) is 5.21. The fourth-order valence-electron chi connectivity index (χ4n) is 3.77. The van der Waals surface area contributed by atoms with Crippen molar-refractivity contribution in [1.82, 2.24) is 14.5 Å². The molecule has 0 atom stereocenters. The van der Waals surface area contributed by atoms with E-state index in [1.165, 1.54) is 43.4 Å². The largest absolute Gasteiger partial charge is 0.492 e. The zero-order valence-electron chi connectivity index (χ0n) is 15.5. The second kappa shape index (κ2) is 7.92. The Morgan fingerprint density at radius 3 is 2.69 bits per heavy atom. The van der Waals surface area contributed by atoms with Crippen molar-refractivity contribution in [3.63, 3.8) is 0 Å². The Morgan fingerprint density at radius 2 is 1.85 bits per heavy atom. The van der Waals surface area contributed by atoms with E-state index in [0.29, 0.717) is 6.61 Å². The molecule has 1 aliphatic rings. The molecule has 0 unspecified atom stereocenters. The van der Waals surface area contributed by atoms with Gasteiger partial charge in [0.15, 0.2) is 0 Å². The van der Waals surface area contributed by atoms with Crippen LogP contribution in [0, 0.1) is 6.92 Å². The van der Waals surface area contributed by atoms with Gasteiger partial charge < -0.3 is 9.30 Å². The summed E-state index contributed by atoms with van der Waals surface area (Å²) in [5.74, 6) is 2.09. The van der Waals surface area contributed by atoms with Gasteiger partial charge in [-0.1, -0.05) is 30.7 Å². The minimum absolute atomic E-state index is 0.650. The fourth-order valence-corrected chi connectivity index (χ4v) is 3.77. The van der Waals surface area contributed by atoms with Gasteiger partial charge in [0.1, 0.15) is 18.2 Å². The topological polar surface area (TPSA) is 30.3 Å². The zero-order chi connectivity index (χ0) is 17.8. The molecular formula is C22H27N3O. The first kappa shape index (κ1) is 17.1. The first-order valence-corrected chi connectivity index (χ1v) is 9.65. The van der Waals surface area contributed by atoms with Gasteiger partial charge >= 0.3 is 0 Å². The lowest BCUT2D eigenvalue weighted by Crippen LogP contribution is -2.30. The van der Waals surface area contributed by atoms with Gasteiger partial charge in [0.25, 0.3) is 0 Å². The van der Waals surface area contributed by atoms with Crippen LogP contribution in [0.1, 0.15) is 30.7 Å². The van der Waals surface area contributed by atoms with Crippen molar-refractivity contribution in [1.29, 1.82) is 0 Å². The molecule has 26 heavy (non-hydrogen) atoms. The predicted octanol–water partition coefficient (Wildman–Crippen LogP) is 4.41. The summed E-state index contributed by atoms with van der Waals surface area (Å²) in [6, 6.07) is 16.7. The number of benzene rings is 2. The number of imidazole rings is 1. The van der Waals surface area contributed by atoms with E-state index in [4.69, 9.17) is 9.72 Å².